The van der Waals surface area contributed by atoms with Crippen LogP contribution in [0.1, 0.15) is 51.4 Å². The van der Waals surface area contributed by atoms with Crippen molar-refractivity contribution in [1.29, 1.82) is 0 Å². The zero-order valence-electron chi connectivity index (χ0n) is 23.7. The van der Waals surface area contributed by atoms with Crippen LogP contribution in [0.15, 0.2) is 53.6 Å². The number of nitrogens with two attached hydrogens (primary N) is 1. The second-order valence-electron chi connectivity index (χ2n) is 12.0. The minimum absolute atomic E-state index is 0.0130. The number of hydrogen-bond donors (Lipinski definition) is 2. The van der Waals surface area contributed by atoms with Gasteiger partial charge < -0.3 is 15.4 Å². The molecule has 1 fully saturated rings. The SMILES string of the molecule is CC(C)COc1cc(F)cc(-c2ccc(C(=O)NS(=O)(=O)c3cccc(N)n3)c(N3C[C@](C)([SiH3])CC3(C)C)n2)c1. The summed E-state index contributed by atoms with van der Waals surface area (Å²) in [6.07, 6.45) is 0.873. The lowest BCUT2D eigenvalue weighted by molar-refractivity contribution is 0.0981. The summed E-state index contributed by atoms with van der Waals surface area (Å²) in [6.45, 7) is 11.4. The number of carbonyl (C=O) groups excluding carboxylic acids is 1. The molecule has 40 heavy (non-hydrogen) atoms. The highest BCUT2D eigenvalue weighted by molar-refractivity contribution is 7.90. The lowest BCUT2D eigenvalue weighted by Gasteiger charge is -2.34. The van der Waals surface area contributed by atoms with Gasteiger partial charge in [0.05, 0.1) is 17.9 Å². The van der Waals surface area contributed by atoms with Crippen molar-refractivity contribution in [3.05, 3.63) is 59.9 Å². The first-order valence-electron chi connectivity index (χ1n) is 13.1. The minimum Gasteiger partial charge on any atom is -0.493 e. The normalized spacial score (nSPS) is 18.7. The first-order chi connectivity index (χ1) is 18.6. The molecule has 4 rings (SSSR count). The Labute approximate surface area is 237 Å². The molecule has 3 heterocycles. The number of carbonyl (C=O) groups is 1. The van der Waals surface area contributed by atoms with E-state index in [4.69, 9.17) is 15.5 Å². The second-order valence-corrected chi connectivity index (χ2v) is 16.1. The third-order valence-corrected chi connectivity index (χ3v) is 8.50. The number of ether oxygens (including phenoxy) is 1. The highest BCUT2D eigenvalue weighted by atomic mass is 32.2. The predicted octanol–water partition coefficient (Wildman–Crippen LogP) is 3.55. The number of nitrogen functional groups attached to an aromatic ring is 1. The number of nitrogens with zero attached hydrogens (tertiary/aromatic N) is 3. The summed E-state index contributed by atoms with van der Waals surface area (Å²) in [7, 11) is -3.39. The number of rotatable bonds is 8. The first kappa shape index (κ1) is 29.5. The zero-order valence-corrected chi connectivity index (χ0v) is 26.5. The molecule has 12 heteroatoms. The molecule has 214 valence electrons. The molecule has 1 atom stereocenters. The fraction of sp³-hybridized carbons (Fsp3) is 0.393. The summed E-state index contributed by atoms with van der Waals surface area (Å²) in [5, 5.41) is -0.322. The summed E-state index contributed by atoms with van der Waals surface area (Å²) in [4.78, 5) is 24.2. The molecule has 1 amide bonds. The van der Waals surface area contributed by atoms with Crippen LogP contribution in [0.25, 0.3) is 11.3 Å². The Morgan fingerprint density at radius 1 is 1.18 bits per heavy atom. The predicted molar refractivity (Wildman–Crippen MR) is 158 cm³/mol. The molecule has 1 aromatic carbocycles. The number of amides is 1. The van der Waals surface area contributed by atoms with Crippen molar-refractivity contribution >= 4 is 37.8 Å². The van der Waals surface area contributed by atoms with Gasteiger partial charge in [0.25, 0.3) is 15.9 Å². The minimum atomic E-state index is -4.31. The van der Waals surface area contributed by atoms with Crippen molar-refractivity contribution in [2.75, 3.05) is 23.8 Å². The van der Waals surface area contributed by atoms with Gasteiger partial charge in [0.15, 0.2) is 5.03 Å². The van der Waals surface area contributed by atoms with E-state index in [9.17, 15) is 17.6 Å². The Morgan fingerprint density at radius 3 is 2.52 bits per heavy atom. The van der Waals surface area contributed by atoms with E-state index in [0.29, 0.717) is 36.0 Å². The molecule has 1 aliphatic rings. The molecule has 9 nitrogen and oxygen atoms in total. The second kappa shape index (κ2) is 10.8. The number of sulfonamides is 1. The summed E-state index contributed by atoms with van der Waals surface area (Å²) in [6, 6.07) is 11.6. The van der Waals surface area contributed by atoms with Crippen LogP contribution in [0, 0.1) is 11.7 Å². The molecule has 1 saturated heterocycles. The summed E-state index contributed by atoms with van der Waals surface area (Å²) >= 11 is 0. The monoisotopic (exact) mass is 585 g/mol. The molecule has 3 aromatic rings. The highest BCUT2D eigenvalue weighted by Crippen LogP contribution is 2.47. The molecule has 3 N–H and O–H groups in total. The van der Waals surface area contributed by atoms with Gasteiger partial charge in [-0.3, -0.25) is 4.79 Å². The maximum Gasteiger partial charge on any atom is 0.281 e. The van der Waals surface area contributed by atoms with Gasteiger partial charge in [0.1, 0.15) is 23.2 Å². The van der Waals surface area contributed by atoms with Crippen LogP contribution in [0.5, 0.6) is 5.75 Å². The largest absolute Gasteiger partial charge is 0.493 e. The summed E-state index contributed by atoms with van der Waals surface area (Å²) < 4.78 is 48.4. The number of benzene rings is 1. The first-order valence-corrected chi connectivity index (χ1v) is 15.6. The van der Waals surface area contributed by atoms with Crippen molar-refractivity contribution in [3.8, 4) is 17.0 Å². The molecular formula is C28H36FN5O4SSi. The molecule has 1 aliphatic heterocycles. The van der Waals surface area contributed by atoms with Crippen LogP contribution in [0.3, 0.4) is 0 Å². The van der Waals surface area contributed by atoms with Gasteiger partial charge in [-0.05, 0) is 67.6 Å². The number of hydrogen-bond acceptors (Lipinski definition) is 8. The Balaban J connectivity index is 1.79. The van der Waals surface area contributed by atoms with Crippen molar-refractivity contribution in [1.82, 2.24) is 14.7 Å². The number of nitrogens with one attached hydrogen (secondary N) is 1. The van der Waals surface area contributed by atoms with E-state index in [2.05, 4.69) is 30.5 Å². The van der Waals surface area contributed by atoms with Crippen molar-refractivity contribution < 1.29 is 22.3 Å². The third-order valence-electron chi connectivity index (χ3n) is 6.60. The topological polar surface area (TPSA) is 128 Å². The van der Waals surface area contributed by atoms with Crippen LogP contribution in [-0.4, -0.2) is 53.2 Å². The summed E-state index contributed by atoms with van der Waals surface area (Å²) in [5.74, 6) is -0.351. The average Bonchev–Trinajstić information content (AvgIpc) is 3.08. The van der Waals surface area contributed by atoms with E-state index >= 15 is 0 Å². The molecule has 0 unspecified atom stereocenters. The molecule has 0 aliphatic carbocycles. The number of aromatic nitrogens is 2. The van der Waals surface area contributed by atoms with Crippen molar-refractivity contribution in [2.45, 2.75) is 56.6 Å². The highest BCUT2D eigenvalue weighted by Gasteiger charge is 2.44. The van der Waals surface area contributed by atoms with E-state index in [0.717, 1.165) is 16.7 Å². The van der Waals surface area contributed by atoms with Gasteiger partial charge in [-0.15, -0.1) is 0 Å². The van der Waals surface area contributed by atoms with Crippen molar-refractivity contribution in [2.24, 2.45) is 5.92 Å². The lowest BCUT2D eigenvalue weighted by atomic mass is 9.96. The van der Waals surface area contributed by atoms with Crippen LogP contribution < -0.4 is 20.1 Å². The van der Waals surface area contributed by atoms with Crippen LogP contribution in [0.4, 0.5) is 16.0 Å². The fourth-order valence-corrected chi connectivity index (χ4v) is 7.31. The zero-order chi connectivity index (χ0) is 29.5. The fourth-order valence-electron chi connectivity index (χ4n) is 5.18. The Hall–Kier alpha value is -3.51. The quantitative estimate of drug-likeness (QED) is 0.384. The molecule has 0 saturated carbocycles. The van der Waals surface area contributed by atoms with E-state index in [-0.39, 0.29) is 32.9 Å². The Bertz CT molecular complexity index is 1550. The Kier molecular flexibility index (Phi) is 7.96. The maximum atomic E-state index is 14.6. The molecule has 2 aromatic heterocycles. The lowest BCUT2D eigenvalue weighted by Crippen LogP contribution is -2.41. The molecular weight excluding hydrogens is 549 g/mol. The van der Waals surface area contributed by atoms with Gasteiger partial charge in [0, 0.05) is 34.0 Å². The van der Waals surface area contributed by atoms with Crippen molar-refractivity contribution in [3.63, 3.8) is 0 Å². The van der Waals surface area contributed by atoms with Gasteiger partial charge in [0.2, 0.25) is 0 Å². The van der Waals surface area contributed by atoms with Crippen LogP contribution >= 0.6 is 0 Å². The van der Waals surface area contributed by atoms with Gasteiger partial charge in [-0.1, -0.05) is 26.8 Å². The Morgan fingerprint density at radius 2 is 1.90 bits per heavy atom. The standard InChI is InChI=1S/C28H36FN5O4SSi/c1-17(2)14-38-20-12-18(11-19(29)13-20)22-10-9-21(25(31-22)34-16-28(5,40)15-27(34,3)4)26(35)33-39(36,37)24-8-6-7-23(30)32-24/h6-13,17H,14-16H2,1-5,40H3,(H2,30,32)(H,33,35)/t28-/m1/s1. The smallest absolute Gasteiger partial charge is 0.281 e. The van der Waals surface area contributed by atoms with Crippen LogP contribution in [0.2, 0.25) is 5.04 Å². The van der Waals surface area contributed by atoms with Gasteiger partial charge in [-0.2, -0.15) is 8.42 Å². The number of anilines is 2. The molecule has 0 spiro atoms. The van der Waals surface area contributed by atoms with Gasteiger partial charge in [-0.25, -0.2) is 19.1 Å². The van der Waals surface area contributed by atoms with Gasteiger partial charge >= 0.3 is 0 Å². The summed E-state index contributed by atoms with van der Waals surface area (Å²) in [5.41, 5.74) is 6.28. The number of halogens is 1. The van der Waals surface area contributed by atoms with E-state index in [1.165, 1.54) is 36.4 Å². The molecule has 0 bridgehead atoms. The van der Waals surface area contributed by atoms with E-state index in [1.54, 1.807) is 12.1 Å². The maximum absolute atomic E-state index is 14.6. The van der Waals surface area contributed by atoms with E-state index in [1.807, 2.05) is 18.7 Å². The van der Waals surface area contributed by atoms with E-state index < -0.39 is 21.7 Å². The number of pyridine rings is 2. The average molecular weight is 586 g/mol. The third kappa shape index (κ3) is 6.61. The van der Waals surface area contributed by atoms with Crippen LogP contribution in [-0.2, 0) is 10.0 Å². The molecule has 0 radical (unpaired) electrons.